The summed E-state index contributed by atoms with van der Waals surface area (Å²) in [5, 5.41) is 12.6. The summed E-state index contributed by atoms with van der Waals surface area (Å²) in [6.45, 7) is 5.95. The zero-order valence-electron chi connectivity index (χ0n) is 7.18. The van der Waals surface area contributed by atoms with Crippen molar-refractivity contribution < 1.29 is 4.52 Å². The molecule has 12 heavy (non-hydrogen) atoms. The molecule has 0 aliphatic heterocycles. The van der Waals surface area contributed by atoms with E-state index in [0.717, 1.165) is 0 Å². The summed E-state index contributed by atoms with van der Waals surface area (Å²) in [6, 6.07) is 2.05. The maximum Gasteiger partial charge on any atom is 0.219 e. The van der Waals surface area contributed by atoms with E-state index < -0.39 is 0 Å². The van der Waals surface area contributed by atoms with Gasteiger partial charge >= 0.3 is 0 Å². The van der Waals surface area contributed by atoms with Gasteiger partial charge in [-0.15, -0.1) is 0 Å². The number of aromatic nitrogens is 1. The van der Waals surface area contributed by atoms with E-state index in [4.69, 9.17) is 9.78 Å². The highest BCUT2D eigenvalue weighted by Gasteiger charge is 2.24. The van der Waals surface area contributed by atoms with Crippen LogP contribution < -0.4 is 0 Å². The zero-order valence-corrected chi connectivity index (χ0v) is 8.77. The molecule has 0 aliphatic rings. The molecular formula is C8H9BrN2O. The van der Waals surface area contributed by atoms with E-state index in [1.807, 2.05) is 26.8 Å². The lowest BCUT2D eigenvalue weighted by Gasteiger charge is -2.13. The third-order valence-electron chi connectivity index (χ3n) is 1.47. The molecule has 3 nitrogen and oxygen atoms in total. The van der Waals surface area contributed by atoms with Gasteiger partial charge in [-0.1, -0.05) is 25.9 Å². The van der Waals surface area contributed by atoms with Crippen molar-refractivity contribution in [3.8, 4) is 6.07 Å². The van der Waals surface area contributed by atoms with E-state index in [-0.39, 0.29) is 5.41 Å². The van der Waals surface area contributed by atoms with Gasteiger partial charge in [0.15, 0.2) is 0 Å². The van der Waals surface area contributed by atoms with Gasteiger partial charge in [0.25, 0.3) is 0 Å². The van der Waals surface area contributed by atoms with E-state index >= 15 is 0 Å². The summed E-state index contributed by atoms with van der Waals surface area (Å²) >= 11 is 3.12. The van der Waals surface area contributed by atoms with Crippen LogP contribution in [-0.2, 0) is 5.41 Å². The van der Waals surface area contributed by atoms with Crippen LogP contribution in [0.3, 0.4) is 0 Å². The van der Waals surface area contributed by atoms with Crippen molar-refractivity contribution in [3.63, 3.8) is 0 Å². The predicted molar refractivity (Wildman–Crippen MR) is 47.6 cm³/mol. The predicted octanol–water partition coefficient (Wildman–Crippen LogP) is 2.61. The first-order valence-corrected chi connectivity index (χ1v) is 4.32. The number of nitriles is 1. The van der Waals surface area contributed by atoms with Crippen LogP contribution in [0.5, 0.6) is 0 Å². The molecular weight excluding hydrogens is 220 g/mol. The summed E-state index contributed by atoms with van der Waals surface area (Å²) in [5.41, 5.74) is 1.03. The smallest absolute Gasteiger partial charge is 0.219 e. The molecule has 0 saturated heterocycles. The van der Waals surface area contributed by atoms with Gasteiger partial charge in [-0.25, -0.2) is 0 Å². The lowest BCUT2D eigenvalue weighted by Crippen LogP contribution is -2.13. The second-order valence-electron chi connectivity index (χ2n) is 3.54. The lowest BCUT2D eigenvalue weighted by molar-refractivity contribution is 0.377. The first kappa shape index (κ1) is 9.27. The molecule has 0 fully saturated rings. The Morgan fingerprint density at radius 3 is 2.42 bits per heavy atom. The van der Waals surface area contributed by atoms with Crippen molar-refractivity contribution >= 4 is 15.9 Å². The molecule has 0 amide bonds. The molecule has 4 heteroatoms. The van der Waals surface area contributed by atoms with E-state index in [2.05, 4.69) is 21.1 Å². The summed E-state index contributed by atoms with van der Waals surface area (Å²) in [6.07, 6.45) is 0. The molecule has 0 N–H and O–H groups in total. The van der Waals surface area contributed by atoms with Gasteiger partial charge in [-0.3, -0.25) is 0 Å². The van der Waals surface area contributed by atoms with Gasteiger partial charge in [0.1, 0.15) is 17.3 Å². The first-order chi connectivity index (χ1) is 5.46. The number of hydrogen-bond donors (Lipinski definition) is 0. The summed E-state index contributed by atoms with van der Waals surface area (Å²) < 4.78 is 5.27. The maximum atomic E-state index is 8.77. The fourth-order valence-electron chi connectivity index (χ4n) is 0.879. The second kappa shape index (κ2) is 2.91. The minimum Gasteiger partial charge on any atom is -0.348 e. The minimum atomic E-state index is -0.152. The minimum absolute atomic E-state index is 0.152. The van der Waals surface area contributed by atoms with Crippen LogP contribution in [0, 0.1) is 11.3 Å². The summed E-state index contributed by atoms with van der Waals surface area (Å²) in [7, 11) is 0. The average Bonchev–Trinajstić information content (AvgIpc) is 2.29. The Hall–Kier alpha value is -0.820. The van der Waals surface area contributed by atoms with Crippen LogP contribution >= 0.6 is 15.9 Å². The van der Waals surface area contributed by atoms with Gasteiger partial charge in [0.05, 0.1) is 0 Å². The third kappa shape index (κ3) is 1.51. The fourth-order valence-corrected chi connectivity index (χ4v) is 1.23. The molecule has 0 unspecified atom stereocenters. The molecule has 0 radical (unpaired) electrons. The van der Waals surface area contributed by atoms with Gasteiger partial charge in [0.2, 0.25) is 4.67 Å². The van der Waals surface area contributed by atoms with Crippen LogP contribution in [0.25, 0.3) is 0 Å². The van der Waals surface area contributed by atoms with E-state index in [9.17, 15) is 0 Å². The van der Waals surface area contributed by atoms with Crippen molar-refractivity contribution in [2.24, 2.45) is 0 Å². The highest BCUT2D eigenvalue weighted by atomic mass is 79.9. The topological polar surface area (TPSA) is 49.8 Å². The largest absolute Gasteiger partial charge is 0.348 e. The van der Waals surface area contributed by atoms with E-state index in [1.165, 1.54) is 0 Å². The number of nitrogens with zero attached hydrogens (tertiary/aromatic N) is 2. The second-order valence-corrected chi connectivity index (χ2v) is 4.26. The molecule has 1 aromatic heterocycles. The summed E-state index contributed by atoms with van der Waals surface area (Å²) in [4.78, 5) is 0. The Bertz CT molecular complexity index is 330. The SMILES string of the molecule is CC(C)(C)c1noc(Br)c1C#N. The van der Waals surface area contributed by atoms with Gasteiger partial charge in [-0.05, 0) is 15.9 Å². The normalized spacial score (nSPS) is 11.2. The van der Waals surface area contributed by atoms with Crippen LogP contribution in [0.1, 0.15) is 32.0 Å². The van der Waals surface area contributed by atoms with Crippen LogP contribution in [0.4, 0.5) is 0 Å². The number of rotatable bonds is 0. The maximum absolute atomic E-state index is 8.77. The quantitative estimate of drug-likeness (QED) is 0.686. The molecule has 0 atom stereocenters. The molecule has 1 rings (SSSR count). The Balaban J connectivity index is 3.28. The van der Waals surface area contributed by atoms with Crippen molar-refractivity contribution in [3.05, 3.63) is 15.9 Å². The lowest BCUT2D eigenvalue weighted by atomic mass is 9.90. The van der Waals surface area contributed by atoms with E-state index in [0.29, 0.717) is 15.9 Å². The molecule has 64 valence electrons. The van der Waals surface area contributed by atoms with Crippen LogP contribution in [-0.4, -0.2) is 5.16 Å². The Morgan fingerprint density at radius 2 is 2.08 bits per heavy atom. The molecule has 0 spiro atoms. The van der Waals surface area contributed by atoms with Gasteiger partial charge in [0, 0.05) is 5.41 Å². The van der Waals surface area contributed by atoms with Crippen molar-refractivity contribution in [1.82, 2.24) is 5.16 Å². The third-order valence-corrected chi connectivity index (χ3v) is 2.01. The standard InChI is InChI=1S/C8H9BrN2O/c1-8(2,3)6-5(4-10)7(9)12-11-6/h1-3H3. The van der Waals surface area contributed by atoms with Crippen LogP contribution in [0.2, 0.25) is 0 Å². The van der Waals surface area contributed by atoms with Crippen molar-refractivity contribution in [1.29, 1.82) is 5.26 Å². The highest BCUT2D eigenvalue weighted by Crippen LogP contribution is 2.28. The van der Waals surface area contributed by atoms with E-state index in [1.54, 1.807) is 0 Å². The summed E-state index contributed by atoms with van der Waals surface area (Å²) in [5.74, 6) is 0. The van der Waals surface area contributed by atoms with Gasteiger partial charge < -0.3 is 4.52 Å². The highest BCUT2D eigenvalue weighted by molar-refractivity contribution is 9.10. The molecule has 1 heterocycles. The molecule has 0 saturated carbocycles. The first-order valence-electron chi connectivity index (χ1n) is 3.52. The molecule has 0 aromatic carbocycles. The Kier molecular flexibility index (Phi) is 2.25. The number of halogens is 1. The molecule has 0 bridgehead atoms. The van der Waals surface area contributed by atoms with Crippen molar-refractivity contribution in [2.45, 2.75) is 26.2 Å². The van der Waals surface area contributed by atoms with Crippen molar-refractivity contribution in [2.75, 3.05) is 0 Å². The number of hydrogen-bond acceptors (Lipinski definition) is 3. The monoisotopic (exact) mass is 228 g/mol. The van der Waals surface area contributed by atoms with Gasteiger partial charge in [-0.2, -0.15) is 5.26 Å². The molecule has 1 aromatic rings. The van der Waals surface area contributed by atoms with Crippen LogP contribution in [0.15, 0.2) is 9.19 Å². The average molecular weight is 229 g/mol. The Morgan fingerprint density at radius 1 is 1.50 bits per heavy atom. The Labute approximate surface area is 79.5 Å². The fraction of sp³-hybridized carbons (Fsp3) is 0.500. The zero-order chi connectivity index (χ0) is 9.35. The molecule has 0 aliphatic carbocycles.